The molecule has 2 aromatic heterocycles. The van der Waals surface area contributed by atoms with Gasteiger partial charge in [-0.3, -0.25) is 4.79 Å². The molecule has 0 unspecified atom stereocenters. The molecule has 5 nitrogen and oxygen atoms in total. The third-order valence-corrected chi connectivity index (χ3v) is 4.55. The molecule has 0 bridgehead atoms. The molecule has 1 saturated carbocycles. The zero-order valence-electron chi connectivity index (χ0n) is 12.6. The van der Waals surface area contributed by atoms with E-state index in [1.54, 1.807) is 17.4 Å². The number of nitrogens with zero attached hydrogens (tertiary/aromatic N) is 2. The van der Waals surface area contributed by atoms with Crippen LogP contribution < -0.4 is 5.32 Å². The number of thiazole rings is 1. The molecule has 4 rings (SSSR count). The largest absolute Gasteiger partial charge is 0.360 e. The fourth-order valence-corrected chi connectivity index (χ4v) is 3.03. The second-order valence-corrected chi connectivity index (χ2v) is 6.74. The van der Waals surface area contributed by atoms with E-state index in [0.29, 0.717) is 17.3 Å². The van der Waals surface area contributed by atoms with Crippen LogP contribution in [0.25, 0.3) is 11.3 Å². The average molecular weight is 325 g/mol. The summed E-state index contributed by atoms with van der Waals surface area (Å²) in [4.78, 5) is 16.7. The van der Waals surface area contributed by atoms with Crippen molar-refractivity contribution in [1.82, 2.24) is 10.1 Å². The van der Waals surface area contributed by atoms with Crippen LogP contribution in [-0.2, 0) is 0 Å². The first-order valence-corrected chi connectivity index (χ1v) is 8.37. The van der Waals surface area contributed by atoms with E-state index in [0.717, 1.165) is 34.9 Å². The Labute approximate surface area is 137 Å². The Hall–Kier alpha value is -2.47. The van der Waals surface area contributed by atoms with Crippen molar-refractivity contribution in [3.8, 4) is 11.3 Å². The van der Waals surface area contributed by atoms with Gasteiger partial charge in [0.25, 0.3) is 5.91 Å². The summed E-state index contributed by atoms with van der Waals surface area (Å²) in [6, 6.07) is 9.38. The van der Waals surface area contributed by atoms with Gasteiger partial charge in [-0.05, 0) is 31.9 Å². The quantitative estimate of drug-likeness (QED) is 0.779. The fraction of sp³-hybridized carbons (Fsp3) is 0.235. The molecule has 2 heterocycles. The first-order chi connectivity index (χ1) is 11.2. The lowest BCUT2D eigenvalue weighted by Crippen LogP contribution is -2.12. The molecule has 0 saturated heterocycles. The number of hydrogen-bond acceptors (Lipinski definition) is 5. The van der Waals surface area contributed by atoms with Gasteiger partial charge in [-0.1, -0.05) is 17.3 Å². The molecule has 1 fully saturated rings. The van der Waals surface area contributed by atoms with E-state index in [-0.39, 0.29) is 5.91 Å². The first kappa shape index (κ1) is 14.1. The van der Waals surface area contributed by atoms with Gasteiger partial charge in [0.2, 0.25) is 0 Å². The minimum atomic E-state index is -0.257. The summed E-state index contributed by atoms with van der Waals surface area (Å²) in [6.45, 7) is 1.97. The maximum Gasteiger partial charge on any atom is 0.277 e. The Bertz CT molecular complexity index is 864. The smallest absolute Gasteiger partial charge is 0.277 e. The molecule has 0 radical (unpaired) electrons. The van der Waals surface area contributed by atoms with Gasteiger partial charge in [0.15, 0.2) is 5.69 Å². The Morgan fingerprint density at radius 3 is 2.96 bits per heavy atom. The number of aromatic nitrogens is 2. The number of anilines is 1. The number of amides is 1. The topological polar surface area (TPSA) is 68.0 Å². The maximum atomic E-state index is 12.3. The highest BCUT2D eigenvalue weighted by Crippen LogP contribution is 2.40. The molecule has 3 aromatic rings. The van der Waals surface area contributed by atoms with Crippen molar-refractivity contribution in [3.63, 3.8) is 0 Å². The van der Waals surface area contributed by atoms with Crippen molar-refractivity contribution in [2.45, 2.75) is 25.7 Å². The summed E-state index contributed by atoms with van der Waals surface area (Å²) >= 11 is 1.61. The lowest BCUT2D eigenvalue weighted by Gasteiger charge is -2.04. The second-order valence-electron chi connectivity index (χ2n) is 5.68. The van der Waals surface area contributed by atoms with Crippen LogP contribution in [0.15, 0.2) is 40.2 Å². The summed E-state index contributed by atoms with van der Waals surface area (Å²) in [5, 5.41) is 9.75. The average Bonchev–Trinajstić information content (AvgIpc) is 3.11. The van der Waals surface area contributed by atoms with Gasteiger partial charge in [-0.2, -0.15) is 0 Å². The van der Waals surface area contributed by atoms with Gasteiger partial charge >= 0.3 is 0 Å². The zero-order chi connectivity index (χ0) is 15.8. The van der Waals surface area contributed by atoms with Crippen molar-refractivity contribution in [2.75, 3.05) is 5.32 Å². The van der Waals surface area contributed by atoms with E-state index < -0.39 is 0 Å². The highest BCUT2D eigenvalue weighted by Gasteiger charge is 2.28. The summed E-state index contributed by atoms with van der Waals surface area (Å²) in [7, 11) is 0. The molecular formula is C17H15N3O2S. The van der Waals surface area contributed by atoms with Gasteiger partial charge in [0.1, 0.15) is 5.76 Å². The summed E-state index contributed by atoms with van der Waals surface area (Å²) in [5.41, 5.74) is 2.93. The van der Waals surface area contributed by atoms with Crippen molar-refractivity contribution in [3.05, 3.63) is 52.2 Å². The SMILES string of the molecule is Cc1nc(-c2cccc(NC(=O)c3cc(C4CC4)on3)c2)cs1. The monoisotopic (exact) mass is 325 g/mol. The van der Waals surface area contributed by atoms with E-state index in [9.17, 15) is 4.79 Å². The zero-order valence-corrected chi connectivity index (χ0v) is 13.4. The number of rotatable bonds is 4. The maximum absolute atomic E-state index is 12.3. The minimum Gasteiger partial charge on any atom is -0.360 e. The van der Waals surface area contributed by atoms with Gasteiger partial charge in [0.05, 0.1) is 10.7 Å². The van der Waals surface area contributed by atoms with E-state index in [1.165, 1.54) is 0 Å². The Kier molecular flexibility index (Phi) is 3.46. The summed E-state index contributed by atoms with van der Waals surface area (Å²) < 4.78 is 5.22. The Morgan fingerprint density at radius 1 is 1.35 bits per heavy atom. The molecule has 0 spiro atoms. The standard InChI is InChI=1S/C17H15N3O2S/c1-10-18-15(9-23-10)12-3-2-4-13(7-12)19-17(21)14-8-16(22-20-14)11-5-6-11/h2-4,7-9,11H,5-6H2,1H3,(H,19,21). The van der Waals surface area contributed by atoms with E-state index >= 15 is 0 Å². The van der Waals surface area contributed by atoms with E-state index in [2.05, 4.69) is 15.5 Å². The molecule has 1 aromatic carbocycles. The number of carbonyl (C=O) groups is 1. The van der Waals surface area contributed by atoms with Crippen LogP contribution in [-0.4, -0.2) is 16.0 Å². The van der Waals surface area contributed by atoms with Crippen molar-refractivity contribution >= 4 is 22.9 Å². The number of benzene rings is 1. The Morgan fingerprint density at radius 2 is 2.22 bits per heavy atom. The van der Waals surface area contributed by atoms with E-state index in [4.69, 9.17) is 4.52 Å². The third-order valence-electron chi connectivity index (χ3n) is 3.78. The summed E-state index contributed by atoms with van der Waals surface area (Å²) in [6.07, 6.45) is 2.23. The lowest BCUT2D eigenvalue weighted by molar-refractivity contribution is 0.101. The minimum absolute atomic E-state index is 0.257. The molecule has 6 heteroatoms. The number of carbonyl (C=O) groups excluding carboxylic acids is 1. The van der Waals surface area contributed by atoms with Gasteiger partial charge in [-0.25, -0.2) is 4.98 Å². The normalized spacial score (nSPS) is 14.0. The number of aryl methyl sites for hydroxylation is 1. The molecule has 1 N–H and O–H groups in total. The third kappa shape index (κ3) is 3.03. The molecule has 1 aliphatic carbocycles. The van der Waals surface area contributed by atoms with Crippen LogP contribution in [0.3, 0.4) is 0 Å². The van der Waals surface area contributed by atoms with Crippen molar-refractivity contribution in [2.24, 2.45) is 0 Å². The van der Waals surface area contributed by atoms with Crippen molar-refractivity contribution < 1.29 is 9.32 Å². The van der Waals surface area contributed by atoms with Gasteiger partial charge in [0, 0.05) is 28.6 Å². The van der Waals surface area contributed by atoms with Crippen molar-refractivity contribution in [1.29, 1.82) is 0 Å². The van der Waals surface area contributed by atoms with Gasteiger partial charge < -0.3 is 9.84 Å². The van der Waals surface area contributed by atoms with Crippen LogP contribution in [0.4, 0.5) is 5.69 Å². The number of nitrogens with one attached hydrogen (secondary N) is 1. The molecule has 1 aliphatic rings. The molecule has 0 atom stereocenters. The predicted molar refractivity (Wildman–Crippen MR) is 88.7 cm³/mol. The van der Waals surface area contributed by atoms with Gasteiger partial charge in [-0.15, -0.1) is 11.3 Å². The van der Waals surface area contributed by atoms with Crippen LogP contribution in [0, 0.1) is 6.92 Å². The van der Waals surface area contributed by atoms with Crippen LogP contribution >= 0.6 is 11.3 Å². The molecule has 1 amide bonds. The lowest BCUT2D eigenvalue weighted by atomic mass is 10.1. The van der Waals surface area contributed by atoms with E-state index in [1.807, 2.05) is 36.6 Å². The van der Waals surface area contributed by atoms with Crippen LogP contribution in [0.2, 0.25) is 0 Å². The molecule has 116 valence electrons. The molecular weight excluding hydrogens is 310 g/mol. The fourth-order valence-electron chi connectivity index (χ4n) is 2.40. The molecule has 0 aliphatic heterocycles. The highest BCUT2D eigenvalue weighted by molar-refractivity contribution is 7.09. The Balaban J connectivity index is 1.52. The first-order valence-electron chi connectivity index (χ1n) is 7.49. The number of hydrogen-bond donors (Lipinski definition) is 1. The molecule has 23 heavy (non-hydrogen) atoms. The second kappa shape index (κ2) is 5.62. The van der Waals surface area contributed by atoms with Crippen LogP contribution in [0.1, 0.15) is 40.0 Å². The van der Waals surface area contributed by atoms with Crippen LogP contribution in [0.5, 0.6) is 0 Å². The highest BCUT2D eigenvalue weighted by atomic mass is 32.1. The summed E-state index contributed by atoms with van der Waals surface area (Å²) in [5.74, 6) is 0.995. The predicted octanol–water partition coefficient (Wildman–Crippen LogP) is 4.24.